The molecular weight excluding hydrogens is 295 g/mol. The van der Waals surface area contributed by atoms with Crippen molar-refractivity contribution >= 4 is 25.7 Å². The molecular formula is C10H15FN2O4S2. The van der Waals surface area contributed by atoms with Crippen molar-refractivity contribution in [1.29, 1.82) is 0 Å². The smallest absolute Gasteiger partial charge is 0.238 e. The molecule has 1 rings (SSSR count). The van der Waals surface area contributed by atoms with Crippen molar-refractivity contribution in [1.82, 2.24) is 0 Å². The molecule has 0 saturated carbocycles. The van der Waals surface area contributed by atoms with E-state index in [9.17, 15) is 21.2 Å². The molecule has 0 radical (unpaired) electrons. The van der Waals surface area contributed by atoms with Crippen LogP contribution < -0.4 is 9.86 Å². The van der Waals surface area contributed by atoms with Gasteiger partial charge in [-0.25, -0.2) is 26.4 Å². The van der Waals surface area contributed by atoms with Gasteiger partial charge in [-0.2, -0.15) is 0 Å². The molecule has 6 nitrogen and oxygen atoms in total. The Morgan fingerprint density at radius 1 is 1.16 bits per heavy atom. The van der Waals surface area contributed by atoms with E-state index in [2.05, 4.69) is 4.72 Å². The van der Waals surface area contributed by atoms with Gasteiger partial charge < -0.3 is 0 Å². The van der Waals surface area contributed by atoms with E-state index in [1.165, 1.54) is 20.8 Å². The topological polar surface area (TPSA) is 106 Å². The van der Waals surface area contributed by atoms with E-state index in [1.807, 2.05) is 0 Å². The molecule has 0 aliphatic heterocycles. The van der Waals surface area contributed by atoms with Crippen molar-refractivity contribution in [2.75, 3.05) is 4.72 Å². The van der Waals surface area contributed by atoms with Gasteiger partial charge in [-0.15, -0.1) is 0 Å². The van der Waals surface area contributed by atoms with E-state index in [1.54, 1.807) is 0 Å². The SMILES string of the molecule is CC(C)(C)S(=O)(=O)Nc1ccc(S(N)(=O)=O)cc1F. The van der Waals surface area contributed by atoms with Crippen molar-refractivity contribution in [3.05, 3.63) is 24.0 Å². The summed E-state index contributed by atoms with van der Waals surface area (Å²) in [6, 6.07) is 2.70. The zero-order valence-corrected chi connectivity index (χ0v) is 12.3. The summed E-state index contributed by atoms with van der Waals surface area (Å²) < 4.78 is 60.3. The molecule has 0 fully saturated rings. The van der Waals surface area contributed by atoms with E-state index in [0.717, 1.165) is 12.1 Å². The fraction of sp³-hybridized carbons (Fsp3) is 0.400. The van der Waals surface area contributed by atoms with Crippen LogP contribution in [-0.2, 0) is 20.0 Å². The molecule has 9 heteroatoms. The maximum absolute atomic E-state index is 13.7. The van der Waals surface area contributed by atoms with Crippen molar-refractivity contribution in [2.24, 2.45) is 5.14 Å². The van der Waals surface area contributed by atoms with Crippen molar-refractivity contribution in [3.63, 3.8) is 0 Å². The number of halogens is 1. The highest BCUT2D eigenvalue weighted by Crippen LogP contribution is 2.23. The van der Waals surface area contributed by atoms with Gasteiger partial charge in [-0.3, -0.25) is 4.72 Å². The standard InChI is InChI=1S/C10H15FN2O4S2/c1-10(2,3)19(16,17)13-9-5-4-7(6-8(9)11)18(12,14)15/h4-6,13H,1-3H3,(H2,12,14,15). The van der Waals surface area contributed by atoms with Gasteiger partial charge in [-0.1, -0.05) is 0 Å². The quantitative estimate of drug-likeness (QED) is 0.869. The fourth-order valence-electron chi connectivity index (χ4n) is 1.05. The Morgan fingerprint density at radius 3 is 2.05 bits per heavy atom. The van der Waals surface area contributed by atoms with Gasteiger partial charge in [0.05, 0.1) is 15.3 Å². The lowest BCUT2D eigenvalue weighted by atomic mass is 10.3. The van der Waals surface area contributed by atoms with Crippen LogP contribution in [0, 0.1) is 5.82 Å². The summed E-state index contributed by atoms with van der Waals surface area (Å²) in [5, 5.41) is 4.84. The van der Waals surface area contributed by atoms with Gasteiger partial charge in [0.15, 0.2) is 0 Å². The van der Waals surface area contributed by atoms with Crippen LogP contribution >= 0.6 is 0 Å². The van der Waals surface area contributed by atoms with Crippen LogP contribution in [0.3, 0.4) is 0 Å². The number of anilines is 1. The summed E-state index contributed by atoms with van der Waals surface area (Å²) >= 11 is 0. The van der Waals surface area contributed by atoms with Crippen LogP contribution in [0.4, 0.5) is 10.1 Å². The number of nitrogens with one attached hydrogen (secondary N) is 1. The van der Waals surface area contributed by atoms with Crippen molar-refractivity contribution < 1.29 is 21.2 Å². The minimum absolute atomic E-state index is 0.331. The summed E-state index contributed by atoms with van der Waals surface area (Å²) in [6.45, 7) is 4.35. The number of rotatable bonds is 3. The average Bonchev–Trinajstić information content (AvgIpc) is 2.17. The number of nitrogens with two attached hydrogens (primary N) is 1. The molecule has 0 aliphatic carbocycles. The Bertz CT molecular complexity index is 691. The summed E-state index contributed by atoms with van der Waals surface area (Å²) in [5.41, 5.74) is -0.331. The van der Waals surface area contributed by atoms with Gasteiger partial charge in [0.25, 0.3) is 0 Å². The summed E-state index contributed by atoms with van der Waals surface area (Å²) in [6.07, 6.45) is 0. The van der Waals surface area contributed by atoms with Crippen LogP contribution in [0.2, 0.25) is 0 Å². The first kappa shape index (κ1) is 15.9. The second-order valence-corrected chi connectivity index (χ2v) is 8.90. The summed E-state index contributed by atoms with van der Waals surface area (Å²) in [7, 11) is -7.82. The van der Waals surface area contributed by atoms with Gasteiger partial charge in [0.2, 0.25) is 20.0 Å². The van der Waals surface area contributed by atoms with Crippen molar-refractivity contribution in [2.45, 2.75) is 30.4 Å². The molecule has 1 aromatic rings. The van der Waals surface area contributed by atoms with Gasteiger partial charge in [-0.05, 0) is 39.0 Å². The second-order valence-electron chi connectivity index (χ2n) is 4.90. The molecule has 0 bridgehead atoms. The Kier molecular flexibility index (Phi) is 3.95. The van der Waals surface area contributed by atoms with E-state index < -0.39 is 35.5 Å². The van der Waals surface area contributed by atoms with Gasteiger partial charge in [0.1, 0.15) is 5.82 Å². The zero-order valence-electron chi connectivity index (χ0n) is 10.6. The molecule has 0 heterocycles. The molecule has 0 amide bonds. The summed E-state index contributed by atoms with van der Waals surface area (Å²) in [4.78, 5) is -0.427. The van der Waals surface area contributed by atoms with Crippen LogP contribution in [-0.4, -0.2) is 21.6 Å². The Morgan fingerprint density at radius 2 is 1.68 bits per heavy atom. The molecule has 0 atom stereocenters. The highest BCUT2D eigenvalue weighted by Gasteiger charge is 2.29. The van der Waals surface area contributed by atoms with Gasteiger partial charge in [0, 0.05) is 0 Å². The lowest BCUT2D eigenvalue weighted by Gasteiger charge is -2.20. The zero-order chi connectivity index (χ0) is 15.1. The minimum Gasteiger partial charge on any atom is -0.280 e. The van der Waals surface area contributed by atoms with Crippen molar-refractivity contribution in [3.8, 4) is 0 Å². The lowest BCUT2D eigenvalue weighted by molar-refractivity contribution is 0.564. The van der Waals surface area contributed by atoms with E-state index in [4.69, 9.17) is 5.14 Å². The molecule has 19 heavy (non-hydrogen) atoms. The number of hydrogen-bond donors (Lipinski definition) is 2. The average molecular weight is 310 g/mol. The predicted molar refractivity (Wildman–Crippen MR) is 70.1 cm³/mol. The van der Waals surface area contributed by atoms with Crippen LogP contribution in [0.1, 0.15) is 20.8 Å². The number of primary sulfonamides is 1. The monoisotopic (exact) mass is 310 g/mol. The normalized spacial score (nSPS) is 13.3. The van der Waals surface area contributed by atoms with Crippen LogP contribution in [0.15, 0.2) is 23.1 Å². The Labute approximate surface area is 111 Å². The molecule has 1 aromatic carbocycles. The summed E-state index contributed by atoms with van der Waals surface area (Å²) in [5.74, 6) is -1.01. The Balaban J connectivity index is 3.20. The van der Waals surface area contributed by atoms with Crippen LogP contribution in [0.5, 0.6) is 0 Å². The lowest BCUT2D eigenvalue weighted by Crippen LogP contribution is -2.34. The van der Waals surface area contributed by atoms with Gasteiger partial charge >= 0.3 is 0 Å². The fourth-order valence-corrected chi connectivity index (χ4v) is 2.34. The maximum atomic E-state index is 13.7. The minimum atomic E-state index is -4.03. The molecule has 108 valence electrons. The molecule has 0 spiro atoms. The highest BCUT2D eigenvalue weighted by atomic mass is 32.2. The third kappa shape index (κ3) is 3.64. The molecule has 0 aliphatic rings. The molecule has 0 unspecified atom stereocenters. The maximum Gasteiger partial charge on any atom is 0.238 e. The number of sulfonamides is 2. The van der Waals surface area contributed by atoms with Crippen LogP contribution in [0.25, 0.3) is 0 Å². The largest absolute Gasteiger partial charge is 0.280 e. The molecule has 0 saturated heterocycles. The Hall–Kier alpha value is -1.19. The highest BCUT2D eigenvalue weighted by molar-refractivity contribution is 7.94. The van der Waals surface area contributed by atoms with E-state index in [-0.39, 0.29) is 5.69 Å². The third-order valence-corrected chi connectivity index (χ3v) is 5.33. The number of hydrogen-bond acceptors (Lipinski definition) is 4. The number of benzene rings is 1. The predicted octanol–water partition coefficient (Wildman–Crippen LogP) is 1.01. The molecule has 0 aromatic heterocycles. The first-order chi connectivity index (χ1) is 8.34. The first-order valence-electron chi connectivity index (χ1n) is 5.19. The second kappa shape index (κ2) is 4.73. The van der Waals surface area contributed by atoms with E-state index in [0.29, 0.717) is 6.07 Å². The van der Waals surface area contributed by atoms with E-state index >= 15 is 0 Å². The molecule has 3 N–H and O–H groups in total. The first-order valence-corrected chi connectivity index (χ1v) is 8.22. The third-order valence-electron chi connectivity index (χ3n) is 2.32.